The van der Waals surface area contributed by atoms with Crippen LogP contribution in [0.5, 0.6) is 0 Å². The van der Waals surface area contributed by atoms with Crippen LogP contribution < -0.4 is 10.9 Å². The Balaban J connectivity index is 2.03. The molecule has 2 N–H and O–H groups in total. The lowest BCUT2D eigenvalue weighted by Crippen LogP contribution is -2.09. The minimum Gasteiger partial charge on any atom is -0.428 e. The largest absolute Gasteiger partial charge is 0.428 e. The number of benzene rings is 1. The highest BCUT2D eigenvalue weighted by Crippen LogP contribution is 2.21. The van der Waals surface area contributed by atoms with Crippen molar-refractivity contribution in [2.24, 2.45) is 0 Å². The molecule has 23 heavy (non-hydrogen) atoms. The molecule has 0 unspecified atom stereocenters. The Hall–Kier alpha value is -3.41. The molecule has 0 fully saturated rings. The summed E-state index contributed by atoms with van der Waals surface area (Å²) in [6, 6.07) is 9.59. The van der Waals surface area contributed by atoms with E-state index in [1.807, 2.05) is 0 Å². The Kier molecular flexibility index (Phi) is 2.77. The van der Waals surface area contributed by atoms with Crippen LogP contribution >= 0.6 is 0 Å². The highest BCUT2D eigenvalue weighted by Gasteiger charge is 2.10. The zero-order valence-electron chi connectivity index (χ0n) is 11.9. The van der Waals surface area contributed by atoms with E-state index >= 15 is 0 Å². The lowest BCUT2D eigenvalue weighted by molar-refractivity contribution is 0.198. The fourth-order valence-electron chi connectivity index (χ4n) is 2.68. The van der Waals surface area contributed by atoms with E-state index in [9.17, 15) is 14.8 Å². The minimum atomic E-state index is -0.217. The predicted octanol–water partition coefficient (Wildman–Crippen LogP) is 2.14. The SMILES string of the molecule is O=c1c(-c2ccc3c(c2)c(=O)ccn3O)c[nH]c2ncccc12. The maximum atomic E-state index is 12.6. The summed E-state index contributed by atoms with van der Waals surface area (Å²) in [7, 11) is 0. The molecule has 0 aliphatic heterocycles. The van der Waals surface area contributed by atoms with Gasteiger partial charge in [-0.25, -0.2) is 4.98 Å². The zero-order valence-corrected chi connectivity index (χ0v) is 11.9. The average molecular weight is 305 g/mol. The van der Waals surface area contributed by atoms with E-state index in [1.165, 1.54) is 12.3 Å². The van der Waals surface area contributed by atoms with E-state index < -0.39 is 0 Å². The summed E-state index contributed by atoms with van der Waals surface area (Å²) in [6.45, 7) is 0. The first-order chi connectivity index (χ1) is 11.1. The van der Waals surface area contributed by atoms with Crippen molar-refractivity contribution < 1.29 is 5.21 Å². The van der Waals surface area contributed by atoms with Gasteiger partial charge >= 0.3 is 0 Å². The molecular formula is C17H11N3O3. The van der Waals surface area contributed by atoms with Gasteiger partial charge in [-0.1, -0.05) is 6.07 Å². The Morgan fingerprint density at radius 1 is 1.09 bits per heavy atom. The first-order valence-corrected chi connectivity index (χ1v) is 6.96. The summed E-state index contributed by atoms with van der Waals surface area (Å²) in [5, 5.41) is 10.6. The Morgan fingerprint density at radius 3 is 2.83 bits per heavy atom. The van der Waals surface area contributed by atoms with E-state index in [1.54, 1.807) is 42.7 Å². The number of H-pyrrole nitrogens is 1. The molecule has 3 aromatic heterocycles. The zero-order chi connectivity index (χ0) is 16.0. The van der Waals surface area contributed by atoms with Gasteiger partial charge in [0.05, 0.1) is 10.9 Å². The van der Waals surface area contributed by atoms with Gasteiger partial charge in [0, 0.05) is 35.6 Å². The molecule has 0 spiro atoms. The second-order valence-electron chi connectivity index (χ2n) is 5.19. The van der Waals surface area contributed by atoms with Gasteiger partial charge < -0.3 is 10.2 Å². The molecule has 1 aromatic carbocycles. The molecule has 0 radical (unpaired) electrons. The molecule has 3 heterocycles. The summed E-state index contributed by atoms with van der Waals surface area (Å²) in [5.74, 6) is 0. The van der Waals surface area contributed by atoms with Gasteiger partial charge in [-0.05, 0) is 29.8 Å². The molecule has 0 aliphatic rings. The molecule has 0 amide bonds. The number of pyridine rings is 3. The second kappa shape index (κ2) is 4.81. The van der Waals surface area contributed by atoms with E-state index in [-0.39, 0.29) is 10.9 Å². The van der Waals surface area contributed by atoms with Gasteiger partial charge in [-0.15, -0.1) is 0 Å². The molecule has 0 atom stereocenters. The first-order valence-electron chi connectivity index (χ1n) is 6.96. The first kappa shape index (κ1) is 13.3. The summed E-state index contributed by atoms with van der Waals surface area (Å²) in [6.07, 6.45) is 4.48. The van der Waals surface area contributed by atoms with Crippen molar-refractivity contribution >= 4 is 21.9 Å². The Bertz CT molecular complexity index is 1170. The van der Waals surface area contributed by atoms with Crippen LogP contribution in [0, 0.1) is 0 Å². The van der Waals surface area contributed by atoms with Crippen LogP contribution in [0.4, 0.5) is 0 Å². The van der Waals surface area contributed by atoms with Crippen LogP contribution in [0.3, 0.4) is 0 Å². The van der Waals surface area contributed by atoms with Crippen molar-refractivity contribution in [3.63, 3.8) is 0 Å². The molecule has 0 aliphatic carbocycles. The Morgan fingerprint density at radius 2 is 1.96 bits per heavy atom. The van der Waals surface area contributed by atoms with Crippen LogP contribution in [0.2, 0.25) is 0 Å². The fraction of sp³-hybridized carbons (Fsp3) is 0. The standard InChI is InChI=1S/C17H11N3O3/c21-15-5-7-20(23)14-4-3-10(8-12(14)15)13-9-19-17-11(16(13)22)2-1-6-18-17/h1-9,23H,(H,18,19,22). The topological polar surface area (TPSA) is 88.0 Å². The van der Waals surface area contributed by atoms with Gasteiger partial charge in [-0.2, -0.15) is 4.73 Å². The quantitative estimate of drug-likeness (QED) is 0.527. The van der Waals surface area contributed by atoms with Gasteiger partial charge in [-0.3, -0.25) is 9.59 Å². The van der Waals surface area contributed by atoms with E-state index in [4.69, 9.17) is 0 Å². The second-order valence-corrected chi connectivity index (χ2v) is 5.19. The summed E-state index contributed by atoms with van der Waals surface area (Å²) < 4.78 is 0.884. The van der Waals surface area contributed by atoms with Crippen LogP contribution in [0.15, 0.2) is 64.6 Å². The lowest BCUT2D eigenvalue weighted by Gasteiger charge is -2.06. The van der Waals surface area contributed by atoms with Crippen LogP contribution in [0.1, 0.15) is 0 Å². The third-order valence-electron chi connectivity index (χ3n) is 3.84. The Labute approximate surface area is 129 Å². The monoisotopic (exact) mass is 305 g/mol. The minimum absolute atomic E-state index is 0.161. The average Bonchev–Trinajstić information content (AvgIpc) is 2.59. The number of rotatable bonds is 1. The van der Waals surface area contributed by atoms with Gasteiger partial charge in [0.2, 0.25) is 0 Å². The van der Waals surface area contributed by atoms with Crippen molar-refractivity contribution in [1.82, 2.24) is 14.7 Å². The van der Waals surface area contributed by atoms with Crippen LogP contribution in [-0.2, 0) is 0 Å². The number of hydrogen-bond donors (Lipinski definition) is 2. The van der Waals surface area contributed by atoms with E-state index in [2.05, 4.69) is 9.97 Å². The number of nitrogens with one attached hydrogen (secondary N) is 1. The molecule has 0 saturated heterocycles. The summed E-state index contributed by atoms with van der Waals surface area (Å²) >= 11 is 0. The number of hydrogen-bond acceptors (Lipinski definition) is 4. The molecule has 4 rings (SSSR count). The number of fused-ring (bicyclic) bond motifs is 2. The number of aromatic nitrogens is 3. The predicted molar refractivity (Wildman–Crippen MR) is 86.8 cm³/mol. The molecule has 6 nitrogen and oxygen atoms in total. The van der Waals surface area contributed by atoms with E-state index in [0.29, 0.717) is 33.1 Å². The molecule has 0 bridgehead atoms. The van der Waals surface area contributed by atoms with Gasteiger partial charge in [0.1, 0.15) is 5.65 Å². The molecular weight excluding hydrogens is 294 g/mol. The highest BCUT2D eigenvalue weighted by atomic mass is 16.5. The van der Waals surface area contributed by atoms with Crippen LogP contribution in [-0.4, -0.2) is 19.9 Å². The van der Waals surface area contributed by atoms with Crippen molar-refractivity contribution in [3.05, 3.63) is 75.4 Å². The summed E-state index contributed by atoms with van der Waals surface area (Å²) in [4.78, 5) is 31.7. The molecule has 4 aromatic rings. The van der Waals surface area contributed by atoms with Crippen molar-refractivity contribution in [2.45, 2.75) is 0 Å². The smallest absolute Gasteiger partial charge is 0.198 e. The molecule has 112 valence electrons. The third-order valence-corrected chi connectivity index (χ3v) is 3.84. The number of nitrogens with zero attached hydrogens (tertiary/aromatic N) is 2. The van der Waals surface area contributed by atoms with Crippen LogP contribution in [0.25, 0.3) is 33.1 Å². The van der Waals surface area contributed by atoms with Crippen molar-refractivity contribution in [1.29, 1.82) is 0 Å². The van der Waals surface area contributed by atoms with Gasteiger partial charge in [0.15, 0.2) is 10.9 Å². The van der Waals surface area contributed by atoms with Gasteiger partial charge in [0.25, 0.3) is 0 Å². The fourth-order valence-corrected chi connectivity index (χ4v) is 2.68. The van der Waals surface area contributed by atoms with E-state index in [0.717, 1.165) is 4.73 Å². The van der Waals surface area contributed by atoms with Crippen molar-refractivity contribution in [3.8, 4) is 11.1 Å². The lowest BCUT2D eigenvalue weighted by atomic mass is 10.0. The maximum absolute atomic E-state index is 12.6. The van der Waals surface area contributed by atoms with Crippen molar-refractivity contribution in [2.75, 3.05) is 0 Å². The normalized spacial score (nSPS) is 11.1. The highest BCUT2D eigenvalue weighted by molar-refractivity contribution is 5.86. The summed E-state index contributed by atoms with van der Waals surface area (Å²) in [5.41, 5.74) is 1.57. The number of aromatic amines is 1. The molecule has 6 heteroatoms. The third kappa shape index (κ3) is 2.00. The maximum Gasteiger partial charge on any atom is 0.198 e. The molecule has 0 saturated carbocycles.